The number of carbonyl (C=O) groups excluding carboxylic acids is 2. The van der Waals surface area contributed by atoms with E-state index < -0.39 is 70.7 Å². The normalized spacial score (nSPS) is 54.6. The van der Waals surface area contributed by atoms with Crippen LogP contribution in [0.1, 0.15) is 87.0 Å². The standard InChI is InChI=1S/C35H52O10/c1-16(12-17(36)28-31(4,5)45-28)23-25(40)27(42)33(7)20-9-8-19-30(2,3)22(44-29-26(41)24(39)18(37)14-43-29)10-11-34(19)15-35(20,34)21(38)13-32(23,33)6/h9,16,18-19,21-24,26-29,37-39,41-42H,8,10-15H2,1-7H3/t16-,18-,19?,21+,22+,23+,24+,26-,27?,28+,29+,32-,33-,34-,35+/m1/s1. The van der Waals surface area contributed by atoms with Gasteiger partial charge in [-0.3, -0.25) is 9.59 Å². The van der Waals surface area contributed by atoms with Crippen molar-refractivity contribution < 1.29 is 49.3 Å². The van der Waals surface area contributed by atoms with Gasteiger partial charge in [-0.1, -0.05) is 46.3 Å². The second-order valence-electron chi connectivity index (χ2n) is 17.3. The molecule has 7 aliphatic rings. The minimum absolute atomic E-state index is 0.0151. The maximum absolute atomic E-state index is 14.0. The lowest BCUT2D eigenvalue weighted by atomic mass is 9.44. The summed E-state index contributed by atoms with van der Waals surface area (Å²) < 4.78 is 17.5. The van der Waals surface area contributed by atoms with Gasteiger partial charge in [-0.05, 0) is 74.0 Å². The van der Waals surface area contributed by atoms with Crippen molar-refractivity contribution in [1.82, 2.24) is 0 Å². The predicted octanol–water partition coefficient (Wildman–Crippen LogP) is 2.06. The second kappa shape index (κ2) is 9.68. The van der Waals surface area contributed by atoms with Crippen molar-refractivity contribution in [1.29, 1.82) is 0 Å². The van der Waals surface area contributed by atoms with Gasteiger partial charge in [0, 0.05) is 23.2 Å². The molecule has 0 bridgehead atoms. The molecule has 5 N–H and O–H groups in total. The average Bonchev–Trinajstić information content (AvgIpc) is 3.82. The average molecular weight is 633 g/mol. The molecule has 6 fully saturated rings. The number of hydrogen-bond donors (Lipinski definition) is 5. The smallest absolute Gasteiger partial charge is 0.186 e. The Morgan fingerprint density at radius 2 is 1.73 bits per heavy atom. The molecule has 15 atom stereocenters. The number of ether oxygens (including phenoxy) is 3. The van der Waals surface area contributed by atoms with E-state index in [1.807, 2.05) is 34.6 Å². The zero-order valence-corrected chi connectivity index (χ0v) is 27.7. The van der Waals surface area contributed by atoms with Gasteiger partial charge in [0.05, 0.1) is 24.4 Å². The van der Waals surface area contributed by atoms with Crippen LogP contribution in [0.4, 0.5) is 0 Å². The van der Waals surface area contributed by atoms with Crippen LogP contribution in [0.15, 0.2) is 11.6 Å². The van der Waals surface area contributed by atoms with Crippen LogP contribution in [0.2, 0.25) is 0 Å². The summed E-state index contributed by atoms with van der Waals surface area (Å²) >= 11 is 0. The number of fused-ring (bicyclic) bond motifs is 2. The summed E-state index contributed by atoms with van der Waals surface area (Å²) in [7, 11) is 0. The first-order valence-electron chi connectivity index (χ1n) is 16.9. The summed E-state index contributed by atoms with van der Waals surface area (Å²) in [5.74, 6) is -0.982. The first-order chi connectivity index (χ1) is 20.8. The minimum Gasteiger partial charge on any atom is -0.392 e. The van der Waals surface area contributed by atoms with Crippen LogP contribution in [0.3, 0.4) is 0 Å². The van der Waals surface area contributed by atoms with Crippen molar-refractivity contribution in [3.05, 3.63) is 11.6 Å². The predicted molar refractivity (Wildman–Crippen MR) is 160 cm³/mol. The van der Waals surface area contributed by atoms with Crippen LogP contribution < -0.4 is 0 Å². The molecule has 2 saturated heterocycles. The fraction of sp³-hybridized carbons (Fsp3) is 0.886. The number of rotatable bonds is 6. The Morgan fingerprint density at radius 1 is 1.07 bits per heavy atom. The van der Waals surface area contributed by atoms with Crippen LogP contribution in [0, 0.1) is 44.8 Å². The number of Topliss-reactive ketones (excluding diaryl/α,β-unsaturated/α-hetero) is 2. The number of carbonyl (C=O) groups is 2. The summed E-state index contributed by atoms with van der Waals surface area (Å²) in [6.45, 7) is 13.9. The molecular weight excluding hydrogens is 580 g/mol. The zero-order valence-electron chi connectivity index (χ0n) is 27.7. The SMILES string of the molecule is C[C@H](CC(=O)[C@@H]1OC1(C)C)[C@H]1C(=O)C(O)[C@@]2(C)C3=CCC4C(C)(C)[C@@H](O[C@@H]5OC[C@@H](O)[C@H](O)[C@H]5O)CC[C@@]45C[C@@]35[C@@H](O)C[C@]12C. The molecule has 10 heteroatoms. The van der Waals surface area contributed by atoms with Crippen LogP contribution in [0.25, 0.3) is 0 Å². The first kappa shape index (κ1) is 32.3. The van der Waals surface area contributed by atoms with Gasteiger partial charge in [0.25, 0.3) is 0 Å². The van der Waals surface area contributed by atoms with Crippen LogP contribution in [-0.4, -0.2) is 98.3 Å². The van der Waals surface area contributed by atoms with Crippen LogP contribution >= 0.6 is 0 Å². The summed E-state index contributed by atoms with van der Waals surface area (Å²) in [4.78, 5) is 27.1. The van der Waals surface area contributed by atoms with Gasteiger partial charge in [0.2, 0.25) is 0 Å². The molecule has 2 heterocycles. The number of allylic oxidation sites excluding steroid dienone is 1. The number of ketones is 2. The molecule has 4 saturated carbocycles. The van der Waals surface area contributed by atoms with E-state index in [2.05, 4.69) is 19.9 Å². The van der Waals surface area contributed by atoms with E-state index in [4.69, 9.17) is 14.2 Å². The highest BCUT2D eigenvalue weighted by Crippen LogP contribution is 2.87. The molecule has 10 nitrogen and oxygen atoms in total. The van der Waals surface area contributed by atoms with Crippen molar-refractivity contribution in [2.24, 2.45) is 44.8 Å². The monoisotopic (exact) mass is 632 g/mol. The molecule has 252 valence electrons. The zero-order chi connectivity index (χ0) is 32.9. The first-order valence-corrected chi connectivity index (χ1v) is 16.9. The molecule has 2 unspecified atom stereocenters. The third kappa shape index (κ3) is 3.91. The molecule has 5 aliphatic carbocycles. The topological polar surface area (TPSA) is 166 Å². The Hall–Kier alpha value is -1.24. The van der Waals surface area contributed by atoms with Crippen molar-refractivity contribution in [3.63, 3.8) is 0 Å². The summed E-state index contributed by atoms with van der Waals surface area (Å²) in [5.41, 5.74) is -2.21. The van der Waals surface area contributed by atoms with Crippen molar-refractivity contribution >= 4 is 11.6 Å². The van der Waals surface area contributed by atoms with E-state index in [1.54, 1.807) is 0 Å². The van der Waals surface area contributed by atoms with Gasteiger partial charge < -0.3 is 39.7 Å². The molecular formula is C35H52O10. The Labute approximate surface area is 265 Å². The minimum atomic E-state index is -1.36. The molecule has 2 spiro atoms. The molecule has 0 radical (unpaired) electrons. The Kier molecular flexibility index (Phi) is 6.95. The van der Waals surface area contributed by atoms with E-state index in [0.717, 1.165) is 18.4 Å². The number of epoxide rings is 1. The molecule has 2 aliphatic heterocycles. The van der Waals surface area contributed by atoms with Crippen LogP contribution in [-0.2, 0) is 23.8 Å². The number of hydrogen-bond acceptors (Lipinski definition) is 10. The molecule has 0 aromatic carbocycles. The lowest BCUT2D eigenvalue weighted by Gasteiger charge is -2.61. The van der Waals surface area contributed by atoms with Gasteiger partial charge in [0.15, 0.2) is 17.9 Å². The highest BCUT2D eigenvalue weighted by molar-refractivity contribution is 5.93. The largest absolute Gasteiger partial charge is 0.392 e. The quantitative estimate of drug-likeness (QED) is 0.216. The fourth-order valence-corrected chi connectivity index (χ4v) is 11.9. The maximum atomic E-state index is 14.0. The summed E-state index contributed by atoms with van der Waals surface area (Å²) in [6, 6.07) is 0. The second-order valence-corrected chi connectivity index (χ2v) is 17.3. The number of aliphatic hydroxyl groups excluding tert-OH is 5. The highest BCUT2D eigenvalue weighted by atomic mass is 16.7. The van der Waals surface area contributed by atoms with Gasteiger partial charge >= 0.3 is 0 Å². The Morgan fingerprint density at radius 3 is 2.38 bits per heavy atom. The third-order valence-corrected chi connectivity index (χ3v) is 14.5. The van der Waals surface area contributed by atoms with Gasteiger partial charge in [-0.2, -0.15) is 0 Å². The lowest BCUT2D eigenvalue weighted by Crippen LogP contribution is -2.60. The molecule has 7 rings (SSSR count). The van der Waals surface area contributed by atoms with Gasteiger partial charge in [-0.15, -0.1) is 0 Å². The number of aliphatic hydroxyl groups is 5. The van der Waals surface area contributed by atoms with Crippen molar-refractivity contribution in [3.8, 4) is 0 Å². The summed E-state index contributed by atoms with van der Waals surface area (Å²) in [6.07, 6.45) is -1.92. The molecule has 45 heavy (non-hydrogen) atoms. The van der Waals surface area contributed by atoms with Crippen molar-refractivity contribution in [2.75, 3.05) is 6.61 Å². The van der Waals surface area contributed by atoms with E-state index in [-0.39, 0.29) is 53.4 Å². The van der Waals surface area contributed by atoms with Gasteiger partial charge in [-0.25, -0.2) is 0 Å². The fourth-order valence-electron chi connectivity index (χ4n) is 11.9. The molecule has 0 amide bonds. The van der Waals surface area contributed by atoms with E-state index >= 15 is 0 Å². The maximum Gasteiger partial charge on any atom is 0.186 e. The molecule has 0 aromatic heterocycles. The molecule has 0 aromatic rings. The third-order valence-electron chi connectivity index (χ3n) is 14.5. The van der Waals surface area contributed by atoms with E-state index in [1.165, 1.54) is 0 Å². The van der Waals surface area contributed by atoms with E-state index in [9.17, 15) is 35.1 Å². The Balaban J connectivity index is 1.18. The van der Waals surface area contributed by atoms with Crippen LogP contribution in [0.5, 0.6) is 0 Å². The lowest BCUT2D eigenvalue weighted by molar-refractivity contribution is -0.301. The summed E-state index contributed by atoms with van der Waals surface area (Å²) in [5, 5.41) is 54.7. The van der Waals surface area contributed by atoms with E-state index in [0.29, 0.717) is 19.3 Å². The Bertz CT molecular complexity index is 1330. The van der Waals surface area contributed by atoms with Gasteiger partial charge in [0.1, 0.15) is 30.5 Å². The highest BCUT2D eigenvalue weighted by Gasteiger charge is 2.85. The van der Waals surface area contributed by atoms with Crippen molar-refractivity contribution in [2.45, 2.75) is 142 Å².